The van der Waals surface area contributed by atoms with Gasteiger partial charge in [0.1, 0.15) is 0 Å². The molecule has 1 N–H and O–H groups in total. The predicted molar refractivity (Wildman–Crippen MR) is 48.7 cm³/mol. The summed E-state index contributed by atoms with van der Waals surface area (Å²) >= 11 is 0. The van der Waals surface area contributed by atoms with Crippen LogP contribution in [0.15, 0.2) is 0 Å². The van der Waals surface area contributed by atoms with E-state index in [4.69, 9.17) is 5.11 Å². The Morgan fingerprint density at radius 1 is 1.38 bits per heavy atom. The molecule has 1 saturated heterocycles. The molecule has 2 fully saturated rings. The maximum atomic E-state index is 11.6. The van der Waals surface area contributed by atoms with E-state index in [0.717, 1.165) is 12.8 Å². The molecule has 1 saturated carbocycles. The lowest BCUT2D eigenvalue weighted by molar-refractivity contribution is 0.303. The molecule has 0 amide bonds. The summed E-state index contributed by atoms with van der Waals surface area (Å²) in [5, 5.41) is 8.63. The van der Waals surface area contributed by atoms with Crippen LogP contribution in [0, 0.1) is 5.92 Å². The van der Waals surface area contributed by atoms with Crippen molar-refractivity contribution in [1.82, 2.24) is 4.31 Å². The Morgan fingerprint density at radius 2 is 2.15 bits per heavy atom. The van der Waals surface area contributed by atoms with Crippen LogP contribution in [0.5, 0.6) is 0 Å². The lowest BCUT2D eigenvalue weighted by atomic mass is 10.1. The van der Waals surface area contributed by atoms with Crippen molar-refractivity contribution in [2.45, 2.75) is 25.3 Å². The van der Waals surface area contributed by atoms with Crippen molar-refractivity contribution in [3.63, 3.8) is 0 Å². The van der Waals surface area contributed by atoms with Gasteiger partial charge in [0.15, 0.2) is 0 Å². The predicted octanol–water partition coefficient (Wildman–Crippen LogP) is -0.207. The van der Waals surface area contributed by atoms with Crippen LogP contribution in [0.2, 0.25) is 0 Å². The lowest BCUT2D eigenvalue weighted by Crippen LogP contribution is -2.39. The molecule has 0 aromatic rings. The van der Waals surface area contributed by atoms with Gasteiger partial charge in [-0.25, -0.2) is 8.42 Å². The lowest BCUT2D eigenvalue weighted by Gasteiger charge is -2.25. The quantitative estimate of drug-likeness (QED) is 0.693. The smallest absolute Gasteiger partial charge is 0.216 e. The standard InChI is InChI=1S/C8H15NO3S/c10-3-4-13(11,12)9-6-7-1-2-8(9)5-7/h7-8,10H,1-6H2. The highest BCUT2D eigenvalue weighted by atomic mass is 32.2. The molecule has 5 heteroatoms. The molecule has 2 aliphatic rings. The molecule has 13 heavy (non-hydrogen) atoms. The van der Waals surface area contributed by atoms with Gasteiger partial charge in [-0.1, -0.05) is 0 Å². The number of piperidine rings is 1. The molecule has 2 rings (SSSR count). The first-order chi connectivity index (χ1) is 6.13. The minimum Gasteiger partial charge on any atom is -0.395 e. The zero-order valence-electron chi connectivity index (χ0n) is 7.52. The van der Waals surface area contributed by atoms with Crippen LogP contribution in [-0.4, -0.2) is 42.8 Å². The third-order valence-corrected chi connectivity index (χ3v) is 4.93. The van der Waals surface area contributed by atoms with E-state index in [2.05, 4.69) is 0 Å². The molecule has 0 aromatic carbocycles. The van der Waals surface area contributed by atoms with Crippen LogP contribution in [0.4, 0.5) is 0 Å². The van der Waals surface area contributed by atoms with Crippen LogP contribution < -0.4 is 0 Å². The van der Waals surface area contributed by atoms with E-state index in [1.807, 2.05) is 0 Å². The van der Waals surface area contributed by atoms with Gasteiger partial charge in [0.25, 0.3) is 0 Å². The van der Waals surface area contributed by atoms with Crippen molar-refractivity contribution < 1.29 is 13.5 Å². The first-order valence-electron chi connectivity index (χ1n) is 4.74. The summed E-state index contributed by atoms with van der Waals surface area (Å²) in [5.74, 6) is 0.467. The van der Waals surface area contributed by atoms with Gasteiger partial charge < -0.3 is 5.11 Å². The SMILES string of the molecule is O=S(=O)(CCO)N1CC2CCC1C2. The summed E-state index contributed by atoms with van der Waals surface area (Å²) in [4.78, 5) is 0. The number of rotatable bonds is 3. The second kappa shape index (κ2) is 3.22. The molecule has 76 valence electrons. The van der Waals surface area contributed by atoms with Crippen LogP contribution in [0.25, 0.3) is 0 Å². The molecule has 0 spiro atoms. The Labute approximate surface area is 78.6 Å². The Balaban J connectivity index is 2.10. The van der Waals surface area contributed by atoms with E-state index in [9.17, 15) is 8.42 Å². The summed E-state index contributed by atoms with van der Waals surface area (Å²) in [7, 11) is -3.16. The number of hydrogen-bond acceptors (Lipinski definition) is 3. The average molecular weight is 205 g/mol. The topological polar surface area (TPSA) is 57.6 Å². The van der Waals surface area contributed by atoms with Crippen LogP contribution in [0.1, 0.15) is 19.3 Å². The van der Waals surface area contributed by atoms with E-state index in [1.54, 1.807) is 4.31 Å². The van der Waals surface area contributed by atoms with Crippen LogP contribution in [-0.2, 0) is 10.0 Å². The Kier molecular flexibility index (Phi) is 2.33. The van der Waals surface area contributed by atoms with Gasteiger partial charge in [-0.15, -0.1) is 0 Å². The number of nitrogens with zero attached hydrogens (tertiary/aromatic N) is 1. The molecule has 1 aliphatic carbocycles. The summed E-state index contributed by atoms with van der Waals surface area (Å²) in [6.45, 7) is 0.420. The highest BCUT2D eigenvalue weighted by Gasteiger charge is 2.43. The number of aliphatic hydroxyl groups is 1. The molecule has 1 heterocycles. The van der Waals surface area contributed by atoms with Gasteiger partial charge in [-0.2, -0.15) is 4.31 Å². The van der Waals surface area contributed by atoms with Crippen molar-refractivity contribution in [3.8, 4) is 0 Å². The fraction of sp³-hybridized carbons (Fsp3) is 1.00. The second-order valence-corrected chi connectivity index (χ2v) is 5.98. The van der Waals surface area contributed by atoms with Gasteiger partial charge in [0.2, 0.25) is 10.0 Å². The Bertz CT molecular complexity index is 288. The van der Waals surface area contributed by atoms with Crippen molar-refractivity contribution in [1.29, 1.82) is 0 Å². The summed E-state index contributed by atoms with van der Waals surface area (Å²) < 4.78 is 24.8. The van der Waals surface area contributed by atoms with E-state index >= 15 is 0 Å². The largest absolute Gasteiger partial charge is 0.395 e. The number of fused-ring (bicyclic) bond motifs is 2. The molecular weight excluding hydrogens is 190 g/mol. The average Bonchev–Trinajstić information content (AvgIpc) is 2.63. The third kappa shape index (κ3) is 1.60. The Hall–Kier alpha value is -0.130. The summed E-state index contributed by atoms with van der Waals surface area (Å²) in [6.07, 6.45) is 3.22. The van der Waals surface area contributed by atoms with Gasteiger partial charge >= 0.3 is 0 Å². The van der Waals surface area contributed by atoms with Crippen LogP contribution in [0.3, 0.4) is 0 Å². The van der Waals surface area contributed by atoms with Crippen molar-refractivity contribution >= 4 is 10.0 Å². The molecule has 4 nitrogen and oxygen atoms in total. The van der Waals surface area contributed by atoms with Gasteiger partial charge in [-0.3, -0.25) is 0 Å². The fourth-order valence-electron chi connectivity index (χ4n) is 2.45. The van der Waals surface area contributed by atoms with Crippen LogP contribution >= 0.6 is 0 Å². The minimum atomic E-state index is -3.16. The molecule has 0 radical (unpaired) electrons. The highest BCUT2D eigenvalue weighted by molar-refractivity contribution is 7.89. The number of aliphatic hydroxyl groups excluding tert-OH is 1. The third-order valence-electron chi connectivity index (χ3n) is 3.07. The maximum Gasteiger partial charge on any atom is 0.216 e. The molecular formula is C8H15NO3S. The normalized spacial score (nSPS) is 34.2. The molecule has 2 atom stereocenters. The summed E-state index contributed by atoms with van der Waals surface area (Å²) in [6, 6.07) is 0.238. The number of hydrogen-bond donors (Lipinski definition) is 1. The monoisotopic (exact) mass is 205 g/mol. The zero-order valence-corrected chi connectivity index (χ0v) is 8.33. The van der Waals surface area contributed by atoms with E-state index in [-0.39, 0.29) is 18.4 Å². The molecule has 2 unspecified atom stereocenters. The first kappa shape index (κ1) is 9.43. The summed E-state index contributed by atoms with van der Waals surface area (Å²) in [5.41, 5.74) is 0. The van der Waals surface area contributed by atoms with E-state index < -0.39 is 10.0 Å². The Morgan fingerprint density at radius 3 is 2.62 bits per heavy atom. The van der Waals surface area contributed by atoms with Crippen molar-refractivity contribution in [2.75, 3.05) is 18.9 Å². The zero-order chi connectivity index (χ0) is 9.47. The minimum absolute atomic E-state index is 0.115. The second-order valence-electron chi connectivity index (χ2n) is 3.94. The van der Waals surface area contributed by atoms with E-state index in [1.165, 1.54) is 6.42 Å². The van der Waals surface area contributed by atoms with E-state index in [0.29, 0.717) is 12.5 Å². The first-order valence-corrected chi connectivity index (χ1v) is 6.35. The van der Waals surface area contributed by atoms with Gasteiger partial charge in [-0.05, 0) is 25.2 Å². The highest BCUT2D eigenvalue weighted by Crippen LogP contribution is 2.38. The maximum absolute atomic E-state index is 11.6. The van der Waals surface area contributed by atoms with Gasteiger partial charge in [0.05, 0.1) is 12.4 Å². The van der Waals surface area contributed by atoms with Gasteiger partial charge in [0, 0.05) is 12.6 Å². The fourth-order valence-corrected chi connectivity index (χ4v) is 4.00. The van der Waals surface area contributed by atoms with Crippen molar-refractivity contribution in [2.24, 2.45) is 5.92 Å². The molecule has 2 bridgehead atoms. The number of sulfonamides is 1. The van der Waals surface area contributed by atoms with Crippen molar-refractivity contribution in [3.05, 3.63) is 0 Å². The molecule has 0 aromatic heterocycles. The molecule has 1 aliphatic heterocycles.